The minimum Gasteiger partial charge on any atom is -0.328 e. The van der Waals surface area contributed by atoms with Crippen LogP contribution in [0.1, 0.15) is 6.42 Å². The lowest BCUT2D eigenvalue weighted by atomic mass is 10.2. The summed E-state index contributed by atoms with van der Waals surface area (Å²) in [5.41, 5.74) is 6.56. The van der Waals surface area contributed by atoms with Crippen LogP contribution in [-0.2, 0) is 4.79 Å². The summed E-state index contributed by atoms with van der Waals surface area (Å²) in [6, 6.07) is 7.14. The molecule has 0 bridgehead atoms. The summed E-state index contributed by atoms with van der Waals surface area (Å²) in [5, 5.41) is 0.641. The van der Waals surface area contributed by atoms with E-state index in [9.17, 15) is 4.79 Å². The Hall–Kier alpha value is -1.10. The number of halogens is 1. The third-order valence-corrected chi connectivity index (χ3v) is 3.55. The number of benzene rings is 1. The SMILES string of the molecule is CN1CCCN(c2cccc(Cl)c2)C(=O)C1CN. The van der Waals surface area contributed by atoms with Crippen LogP contribution in [0.15, 0.2) is 24.3 Å². The number of anilines is 1. The van der Waals surface area contributed by atoms with Crippen molar-refractivity contribution >= 4 is 23.2 Å². The molecule has 18 heavy (non-hydrogen) atoms. The zero-order valence-corrected chi connectivity index (χ0v) is 11.2. The molecule has 1 aromatic rings. The molecule has 1 unspecified atom stereocenters. The molecule has 0 aliphatic carbocycles. The monoisotopic (exact) mass is 267 g/mol. The first kappa shape index (κ1) is 13.3. The van der Waals surface area contributed by atoms with Gasteiger partial charge in [-0.1, -0.05) is 17.7 Å². The molecule has 4 nitrogen and oxygen atoms in total. The molecule has 0 radical (unpaired) electrons. The van der Waals surface area contributed by atoms with Crippen molar-refractivity contribution in [2.75, 3.05) is 31.6 Å². The number of hydrogen-bond acceptors (Lipinski definition) is 3. The average molecular weight is 268 g/mol. The Labute approximate surface area is 112 Å². The van der Waals surface area contributed by atoms with Crippen LogP contribution in [0.25, 0.3) is 0 Å². The van der Waals surface area contributed by atoms with Crippen molar-refractivity contribution in [3.8, 4) is 0 Å². The molecule has 0 saturated carbocycles. The molecular weight excluding hydrogens is 250 g/mol. The second-order valence-corrected chi connectivity index (χ2v) is 4.99. The number of amides is 1. The van der Waals surface area contributed by atoms with Gasteiger partial charge in [0.15, 0.2) is 0 Å². The third-order valence-electron chi connectivity index (χ3n) is 3.32. The summed E-state index contributed by atoms with van der Waals surface area (Å²) in [6.45, 7) is 1.93. The number of rotatable bonds is 2. The zero-order valence-electron chi connectivity index (χ0n) is 10.5. The molecule has 0 aromatic heterocycles. The van der Waals surface area contributed by atoms with Crippen LogP contribution >= 0.6 is 11.6 Å². The second kappa shape index (κ2) is 5.69. The first-order valence-corrected chi connectivity index (χ1v) is 6.48. The van der Waals surface area contributed by atoms with Gasteiger partial charge in [0.05, 0.1) is 0 Å². The molecule has 98 valence electrons. The predicted octanol–water partition coefficient (Wildman–Crippen LogP) is 1.34. The van der Waals surface area contributed by atoms with E-state index < -0.39 is 0 Å². The van der Waals surface area contributed by atoms with E-state index in [2.05, 4.69) is 0 Å². The highest BCUT2D eigenvalue weighted by molar-refractivity contribution is 6.30. The molecule has 1 atom stereocenters. The van der Waals surface area contributed by atoms with Gasteiger partial charge in [-0.3, -0.25) is 9.69 Å². The molecule has 0 spiro atoms. The van der Waals surface area contributed by atoms with Gasteiger partial charge in [0.25, 0.3) is 0 Å². The van der Waals surface area contributed by atoms with E-state index in [4.69, 9.17) is 17.3 Å². The maximum atomic E-state index is 12.5. The van der Waals surface area contributed by atoms with Crippen molar-refractivity contribution in [1.29, 1.82) is 0 Å². The Morgan fingerprint density at radius 3 is 2.89 bits per heavy atom. The van der Waals surface area contributed by atoms with Crippen LogP contribution in [0.3, 0.4) is 0 Å². The molecule has 5 heteroatoms. The zero-order chi connectivity index (χ0) is 13.1. The summed E-state index contributed by atoms with van der Waals surface area (Å²) in [5.74, 6) is 0.0553. The van der Waals surface area contributed by atoms with Crippen molar-refractivity contribution in [2.45, 2.75) is 12.5 Å². The highest BCUT2D eigenvalue weighted by Gasteiger charge is 2.30. The summed E-state index contributed by atoms with van der Waals surface area (Å²) >= 11 is 5.98. The van der Waals surface area contributed by atoms with Crippen molar-refractivity contribution in [1.82, 2.24) is 4.90 Å². The molecule has 1 saturated heterocycles. The lowest BCUT2D eigenvalue weighted by Gasteiger charge is -2.27. The highest BCUT2D eigenvalue weighted by atomic mass is 35.5. The standard InChI is InChI=1S/C13H18ClN3O/c1-16-6-3-7-17(13(18)12(16)9-15)11-5-2-4-10(14)8-11/h2,4-5,8,12H,3,6-7,9,15H2,1H3. The van der Waals surface area contributed by atoms with Crippen LogP contribution in [-0.4, -0.2) is 43.5 Å². The van der Waals surface area contributed by atoms with E-state index in [0.29, 0.717) is 18.1 Å². The smallest absolute Gasteiger partial charge is 0.245 e. The molecule has 1 aromatic carbocycles. The van der Waals surface area contributed by atoms with Gasteiger partial charge in [-0.05, 0) is 31.7 Å². The first-order chi connectivity index (χ1) is 8.63. The number of nitrogens with two attached hydrogens (primary N) is 1. The van der Waals surface area contributed by atoms with Gasteiger partial charge in [-0.25, -0.2) is 0 Å². The van der Waals surface area contributed by atoms with E-state index in [1.54, 1.807) is 11.0 Å². The van der Waals surface area contributed by atoms with Gasteiger partial charge in [-0.15, -0.1) is 0 Å². The molecule has 2 rings (SSSR count). The van der Waals surface area contributed by atoms with Gasteiger partial charge in [0.2, 0.25) is 5.91 Å². The Morgan fingerprint density at radius 1 is 1.44 bits per heavy atom. The topological polar surface area (TPSA) is 49.6 Å². The van der Waals surface area contributed by atoms with Crippen molar-refractivity contribution in [3.63, 3.8) is 0 Å². The summed E-state index contributed by atoms with van der Waals surface area (Å²) in [6.07, 6.45) is 0.936. The van der Waals surface area contributed by atoms with Gasteiger partial charge < -0.3 is 10.6 Å². The fourth-order valence-electron chi connectivity index (χ4n) is 2.29. The molecule has 2 N–H and O–H groups in total. The first-order valence-electron chi connectivity index (χ1n) is 6.10. The molecule has 1 aliphatic heterocycles. The predicted molar refractivity (Wildman–Crippen MR) is 73.9 cm³/mol. The Balaban J connectivity index is 2.29. The fraction of sp³-hybridized carbons (Fsp3) is 0.462. The third kappa shape index (κ3) is 2.66. The molecular formula is C13H18ClN3O. The summed E-state index contributed by atoms with van der Waals surface area (Å²) < 4.78 is 0. The van der Waals surface area contributed by atoms with Gasteiger partial charge >= 0.3 is 0 Å². The second-order valence-electron chi connectivity index (χ2n) is 4.56. The number of carbonyl (C=O) groups is 1. The average Bonchev–Trinajstić information content (AvgIpc) is 2.48. The number of nitrogens with zero attached hydrogens (tertiary/aromatic N) is 2. The van der Waals surface area contributed by atoms with Crippen LogP contribution in [0.2, 0.25) is 5.02 Å². The van der Waals surface area contributed by atoms with Crippen molar-refractivity contribution in [2.24, 2.45) is 5.73 Å². The van der Waals surface area contributed by atoms with E-state index in [1.165, 1.54) is 0 Å². The van der Waals surface area contributed by atoms with Gasteiger partial charge in [-0.2, -0.15) is 0 Å². The fourth-order valence-corrected chi connectivity index (χ4v) is 2.48. The van der Waals surface area contributed by atoms with E-state index in [1.807, 2.05) is 30.1 Å². The maximum absolute atomic E-state index is 12.5. The molecule has 1 aliphatic rings. The maximum Gasteiger partial charge on any atom is 0.245 e. The summed E-state index contributed by atoms with van der Waals surface area (Å²) in [4.78, 5) is 16.3. The number of hydrogen-bond donors (Lipinski definition) is 1. The lowest BCUT2D eigenvalue weighted by Crippen LogP contribution is -2.48. The minimum atomic E-state index is -0.244. The largest absolute Gasteiger partial charge is 0.328 e. The van der Waals surface area contributed by atoms with E-state index in [0.717, 1.165) is 18.7 Å². The Morgan fingerprint density at radius 2 is 2.22 bits per heavy atom. The number of carbonyl (C=O) groups excluding carboxylic acids is 1. The van der Waals surface area contributed by atoms with E-state index in [-0.39, 0.29) is 11.9 Å². The molecule has 1 amide bonds. The molecule has 1 fully saturated rings. The van der Waals surface area contributed by atoms with E-state index >= 15 is 0 Å². The van der Waals surface area contributed by atoms with Crippen LogP contribution in [0, 0.1) is 0 Å². The quantitative estimate of drug-likeness (QED) is 0.880. The normalized spacial score (nSPS) is 22.1. The molecule has 1 heterocycles. The van der Waals surface area contributed by atoms with Gasteiger partial charge in [0, 0.05) is 30.3 Å². The minimum absolute atomic E-state index is 0.0553. The van der Waals surface area contributed by atoms with Crippen LogP contribution in [0.5, 0.6) is 0 Å². The van der Waals surface area contributed by atoms with Crippen LogP contribution in [0.4, 0.5) is 5.69 Å². The Bertz CT molecular complexity index is 438. The van der Waals surface area contributed by atoms with Crippen LogP contribution < -0.4 is 10.6 Å². The lowest BCUT2D eigenvalue weighted by molar-refractivity contribution is -0.122. The summed E-state index contributed by atoms with van der Waals surface area (Å²) in [7, 11) is 1.94. The van der Waals surface area contributed by atoms with Crippen molar-refractivity contribution in [3.05, 3.63) is 29.3 Å². The highest BCUT2D eigenvalue weighted by Crippen LogP contribution is 2.22. The Kier molecular flexibility index (Phi) is 4.22. The number of likely N-dealkylation sites (N-methyl/N-ethyl adjacent to an activating group) is 1. The van der Waals surface area contributed by atoms with Crippen molar-refractivity contribution < 1.29 is 4.79 Å². The van der Waals surface area contributed by atoms with Gasteiger partial charge in [0.1, 0.15) is 6.04 Å².